The van der Waals surface area contributed by atoms with Gasteiger partial charge in [-0.15, -0.1) is 0 Å². The van der Waals surface area contributed by atoms with Crippen molar-refractivity contribution in [1.82, 2.24) is 14.5 Å². The minimum Gasteiger partial charge on any atom is -0.278 e. The molecule has 2 aromatic heterocycles. The SMILES string of the molecule is c1ccc2c(c1)Cc1cccc(-c3nc(-n4c5cc6ccccc6cc5c5c6c7ccccc7c7ccccc7c6ccc54)nc4c3ccc3ccccc34)c1-2. The van der Waals surface area contributed by atoms with Gasteiger partial charge in [0, 0.05) is 32.5 Å². The highest BCUT2D eigenvalue weighted by atomic mass is 15.2. The monoisotopic (exact) mass is 709 g/mol. The zero-order valence-corrected chi connectivity index (χ0v) is 30.3. The summed E-state index contributed by atoms with van der Waals surface area (Å²) >= 11 is 0. The van der Waals surface area contributed by atoms with E-state index in [2.05, 4.69) is 180 Å². The molecule has 13 rings (SSSR count). The van der Waals surface area contributed by atoms with Crippen LogP contribution in [0.15, 0.2) is 176 Å². The number of aromatic nitrogens is 3. The van der Waals surface area contributed by atoms with E-state index in [4.69, 9.17) is 9.97 Å². The summed E-state index contributed by atoms with van der Waals surface area (Å²) in [7, 11) is 0. The Morgan fingerprint density at radius 2 is 0.982 bits per heavy atom. The van der Waals surface area contributed by atoms with E-state index in [-0.39, 0.29) is 0 Å². The second-order valence-electron chi connectivity index (χ2n) is 15.3. The molecule has 2 heterocycles. The summed E-state index contributed by atoms with van der Waals surface area (Å²) in [5.41, 5.74) is 10.5. The van der Waals surface area contributed by atoms with Crippen LogP contribution in [0.25, 0.3) is 115 Å². The van der Waals surface area contributed by atoms with Gasteiger partial charge in [0.1, 0.15) is 0 Å². The third-order valence-electron chi connectivity index (χ3n) is 12.4. The zero-order chi connectivity index (χ0) is 36.5. The lowest BCUT2D eigenvalue weighted by Gasteiger charge is -2.16. The highest BCUT2D eigenvalue weighted by molar-refractivity contribution is 6.35. The molecule has 0 bridgehead atoms. The lowest BCUT2D eigenvalue weighted by Crippen LogP contribution is -2.04. The van der Waals surface area contributed by atoms with Gasteiger partial charge in [-0.3, -0.25) is 4.57 Å². The van der Waals surface area contributed by atoms with Gasteiger partial charge in [0.05, 0.1) is 22.2 Å². The standard InChI is InChI=1S/C53H31N3/c1-2-14-33-30-47-45(29-32(33)13-1)50-46(27-26-42-40-21-8-7-19-38(40)39-20-9-10-22-41(39)49(42)50)56(47)53-54-51-37-18-6-3-12-31(37)24-25-44(51)52(55-53)43-23-11-16-35-28-34-15-4-5-17-36(34)48(35)43/h1-27,29-30H,28H2. The predicted molar refractivity (Wildman–Crippen MR) is 235 cm³/mol. The molecule has 0 radical (unpaired) electrons. The van der Waals surface area contributed by atoms with Gasteiger partial charge >= 0.3 is 0 Å². The Morgan fingerprint density at radius 1 is 0.375 bits per heavy atom. The molecule has 3 nitrogen and oxygen atoms in total. The zero-order valence-electron chi connectivity index (χ0n) is 30.3. The highest BCUT2D eigenvalue weighted by Gasteiger charge is 2.26. The summed E-state index contributed by atoms with van der Waals surface area (Å²) in [6.07, 6.45) is 0.924. The molecule has 10 aromatic carbocycles. The average Bonchev–Trinajstić information content (AvgIpc) is 3.80. The van der Waals surface area contributed by atoms with Crippen LogP contribution in [0.3, 0.4) is 0 Å². The molecule has 1 aliphatic rings. The fourth-order valence-corrected chi connectivity index (χ4v) is 9.95. The van der Waals surface area contributed by atoms with Crippen LogP contribution in [-0.2, 0) is 6.42 Å². The number of hydrogen-bond acceptors (Lipinski definition) is 2. The lowest BCUT2D eigenvalue weighted by molar-refractivity contribution is 1.02. The van der Waals surface area contributed by atoms with E-state index in [0.29, 0.717) is 5.95 Å². The first-order valence-electron chi connectivity index (χ1n) is 19.4. The number of benzene rings is 10. The fraction of sp³-hybridized carbons (Fsp3) is 0.0189. The van der Waals surface area contributed by atoms with Crippen LogP contribution in [0.4, 0.5) is 0 Å². The molecular formula is C53H31N3. The number of nitrogens with zero attached hydrogens (tertiary/aromatic N) is 3. The van der Waals surface area contributed by atoms with Crippen LogP contribution in [0.5, 0.6) is 0 Å². The van der Waals surface area contributed by atoms with Gasteiger partial charge in [-0.2, -0.15) is 0 Å². The summed E-state index contributed by atoms with van der Waals surface area (Å²) in [4.78, 5) is 11.3. The van der Waals surface area contributed by atoms with Gasteiger partial charge in [-0.1, -0.05) is 152 Å². The molecule has 0 spiro atoms. The lowest BCUT2D eigenvalue weighted by atomic mass is 9.91. The molecule has 258 valence electrons. The van der Waals surface area contributed by atoms with Crippen molar-refractivity contribution in [1.29, 1.82) is 0 Å². The molecule has 3 heteroatoms. The van der Waals surface area contributed by atoms with Crippen LogP contribution < -0.4 is 0 Å². The summed E-state index contributed by atoms with van der Waals surface area (Å²) in [5.74, 6) is 0.674. The maximum absolute atomic E-state index is 5.70. The molecule has 56 heavy (non-hydrogen) atoms. The van der Waals surface area contributed by atoms with Crippen molar-refractivity contribution in [3.05, 3.63) is 187 Å². The molecule has 12 aromatic rings. The fourth-order valence-electron chi connectivity index (χ4n) is 9.95. The minimum atomic E-state index is 0.674. The van der Waals surface area contributed by atoms with Crippen molar-refractivity contribution in [3.8, 4) is 28.3 Å². The highest BCUT2D eigenvalue weighted by Crippen LogP contribution is 2.47. The summed E-state index contributed by atoms with van der Waals surface area (Å²) < 4.78 is 2.34. The first-order chi connectivity index (χ1) is 27.8. The third kappa shape index (κ3) is 4.01. The summed E-state index contributed by atoms with van der Waals surface area (Å²) in [6.45, 7) is 0. The first kappa shape index (κ1) is 30.0. The maximum Gasteiger partial charge on any atom is 0.235 e. The van der Waals surface area contributed by atoms with E-state index in [1.165, 1.54) is 76.1 Å². The van der Waals surface area contributed by atoms with E-state index in [1.54, 1.807) is 0 Å². The molecule has 0 atom stereocenters. The Labute approximate surface area is 321 Å². The Kier molecular flexibility index (Phi) is 5.95. The second-order valence-corrected chi connectivity index (χ2v) is 15.3. The Hall–Kier alpha value is -7.36. The van der Waals surface area contributed by atoms with Crippen LogP contribution in [0.2, 0.25) is 0 Å². The van der Waals surface area contributed by atoms with Gasteiger partial charge in [0.15, 0.2) is 0 Å². The maximum atomic E-state index is 5.70. The molecule has 0 unspecified atom stereocenters. The molecule has 0 aliphatic heterocycles. The Morgan fingerprint density at radius 3 is 1.80 bits per heavy atom. The van der Waals surface area contributed by atoms with Gasteiger partial charge in [0.2, 0.25) is 5.95 Å². The van der Waals surface area contributed by atoms with Crippen LogP contribution in [-0.4, -0.2) is 14.5 Å². The Bertz CT molecular complexity index is 3650. The van der Waals surface area contributed by atoms with Crippen LogP contribution in [0.1, 0.15) is 11.1 Å². The molecule has 0 N–H and O–H groups in total. The van der Waals surface area contributed by atoms with Gasteiger partial charge in [0.25, 0.3) is 0 Å². The van der Waals surface area contributed by atoms with E-state index in [0.717, 1.165) is 50.4 Å². The van der Waals surface area contributed by atoms with Gasteiger partial charge < -0.3 is 0 Å². The molecular weight excluding hydrogens is 679 g/mol. The predicted octanol–water partition coefficient (Wildman–Crippen LogP) is 13.7. The van der Waals surface area contributed by atoms with Crippen molar-refractivity contribution in [3.63, 3.8) is 0 Å². The van der Waals surface area contributed by atoms with Crippen LogP contribution in [0, 0.1) is 0 Å². The van der Waals surface area contributed by atoms with Crippen molar-refractivity contribution in [2.45, 2.75) is 6.42 Å². The summed E-state index contributed by atoms with van der Waals surface area (Å²) in [5, 5.41) is 15.7. The van der Waals surface area contributed by atoms with E-state index < -0.39 is 0 Å². The minimum absolute atomic E-state index is 0.674. The molecule has 0 saturated heterocycles. The number of fused-ring (bicyclic) bond motifs is 17. The van der Waals surface area contributed by atoms with Crippen molar-refractivity contribution >= 4 is 86.6 Å². The largest absolute Gasteiger partial charge is 0.278 e. The Balaban J connectivity index is 1.23. The van der Waals surface area contributed by atoms with Gasteiger partial charge in [-0.05, 0) is 96.0 Å². The van der Waals surface area contributed by atoms with E-state index in [9.17, 15) is 0 Å². The van der Waals surface area contributed by atoms with Crippen LogP contribution >= 0.6 is 0 Å². The van der Waals surface area contributed by atoms with Gasteiger partial charge in [-0.25, -0.2) is 9.97 Å². The van der Waals surface area contributed by atoms with Crippen molar-refractivity contribution in [2.75, 3.05) is 0 Å². The molecule has 0 fully saturated rings. The number of hydrogen-bond donors (Lipinski definition) is 0. The first-order valence-corrected chi connectivity index (χ1v) is 19.4. The van der Waals surface area contributed by atoms with Crippen molar-refractivity contribution in [2.24, 2.45) is 0 Å². The quantitative estimate of drug-likeness (QED) is 0.167. The normalized spacial score (nSPS) is 12.6. The van der Waals surface area contributed by atoms with E-state index >= 15 is 0 Å². The molecule has 1 aliphatic carbocycles. The number of rotatable bonds is 2. The van der Waals surface area contributed by atoms with E-state index in [1.807, 2.05) is 0 Å². The smallest absolute Gasteiger partial charge is 0.235 e. The summed E-state index contributed by atoms with van der Waals surface area (Å²) in [6, 6.07) is 64.4. The average molecular weight is 710 g/mol. The molecule has 0 amide bonds. The topological polar surface area (TPSA) is 30.7 Å². The van der Waals surface area contributed by atoms with Crippen molar-refractivity contribution < 1.29 is 0 Å². The molecule has 0 saturated carbocycles. The third-order valence-corrected chi connectivity index (χ3v) is 12.4. The second kappa shape index (κ2) is 11.1.